The van der Waals surface area contributed by atoms with Crippen molar-refractivity contribution in [2.24, 2.45) is 0 Å². The van der Waals surface area contributed by atoms with E-state index in [0.717, 1.165) is 30.9 Å². The average molecular weight is 383 g/mol. The van der Waals surface area contributed by atoms with Gasteiger partial charge >= 0.3 is 7.60 Å². The van der Waals surface area contributed by atoms with Gasteiger partial charge in [-0.1, -0.05) is 6.07 Å². The van der Waals surface area contributed by atoms with Crippen molar-refractivity contribution in [2.45, 2.75) is 18.8 Å². The Hall–Kier alpha value is -0.990. The Morgan fingerprint density at radius 1 is 1.29 bits per heavy atom. The number of carbonyl (C=O) groups is 1. The number of nitrogens with zero attached hydrogens (tertiary/aromatic N) is 1. The number of halogens is 2. The maximum atomic E-state index is 13.6. The fraction of sp³-hybridized carbons (Fsp3) is 0.500. The lowest BCUT2D eigenvalue weighted by atomic mass is 10.2. The highest BCUT2D eigenvalue weighted by Crippen LogP contribution is 2.65. The molecule has 0 aliphatic heterocycles. The molecule has 0 radical (unpaired) electrons. The smallest absolute Gasteiger partial charge is 0.308 e. The van der Waals surface area contributed by atoms with E-state index in [2.05, 4.69) is 0 Å². The van der Waals surface area contributed by atoms with Gasteiger partial charge in [-0.2, -0.15) is 0 Å². The molecule has 1 atom stereocenters. The molecule has 1 rings (SSSR count). The number of thioether (sulfide) groups is 1. The van der Waals surface area contributed by atoms with Crippen LogP contribution in [-0.2, 0) is 18.4 Å². The zero-order valence-corrected chi connectivity index (χ0v) is 15.3. The van der Waals surface area contributed by atoms with E-state index in [9.17, 15) is 18.1 Å². The van der Waals surface area contributed by atoms with Gasteiger partial charge in [0.2, 0.25) is 0 Å². The summed E-state index contributed by atoms with van der Waals surface area (Å²) in [5.74, 6) is -3.05. The molecule has 1 unspecified atom stereocenters. The van der Waals surface area contributed by atoms with E-state index in [4.69, 9.17) is 14.3 Å². The van der Waals surface area contributed by atoms with Gasteiger partial charge in [0, 0.05) is 7.05 Å². The molecule has 1 aromatic carbocycles. The van der Waals surface area contributed by atoms with Crippen molar-refractivity contribution in [1.29, 1.82) is 0 Å². The standard InChI is InChI=1S/C14H20F2NO5PS/c1-4-21-23(20,22-5-2)14(24-9-13(18)17(3)19)10-6-7-11(15)12(16)8-10/h6-8,14,19H,4-5,9H2,1-3H3. The van der Waals surface area contributed by atoms with Crippen molar-refractivity contribution < 1.29 is 32.4 Å². The first kappa shape index (κ1) is 21.1. The number of rotatable bonds is 9. The van der Waals surface area contributed by atoms with E-state index in [-0.39, 0.29) is 24.5 Å². The quantitative estimate of drug-likeness (QED) is 0.397. The third-order valence-corrected chi connectivity index (χ3v) is 7.19. The second-order valence-electron chi connectivity index (χ2n) is 4.63. The van der Waals surface area contributed by atoms with E-state index in [1.54, 1.807) is 13.8 Å². The topological polar surface area (TPSA) is 76.1 Å². The molecule has 0 heterocycles. The van der Waals surface area contributed by atoms with E-state index in [1.807, 2.05) is 0 Å². The van der Waals surface area contributed by atoms with Gasteiger partial charge in [0.25, 0.3) is 5.91 Å². The molecule has 0 saturated heterocycles. The highest BCUT2D eigenvalue weighted by molar-refractivity contribution is 8.05. The van der Waals surface area contributed by atoms with Gasteiger partial charge in [-0.25, -0.2) is 13.8 Å². The largest absolute Gasteiger partial charge is 0.347 e. The Bertz CT molecular complexity index is 607. The monoisotopic (exact) mass is 383 g/mol. The second-order valence-corrected chi connectivity index (χ2v) is 8.18. The first-order valence-corrected chi connectivity index (χ1v) is 9.82. The van der Waals surface area contributed by atoms with Crippen molar-refractivity contribution in [3.8, 4) is 0 Å². The minimum Gasteiger partial charge on any atom is -0.308 e. The normalized spacial score (nSPS) is 12.9. The third kappa shape index (κ3) is 5.53. The summed E-state index contributed by atoms with van der Waals surface area (Å²) in [5.41, 5.74) is 0.164. The molecule has 1 N–H and O–H groups in total. The minimum atomic E-state index is -3.75. The summed E-state index contributed by atoms with van der Waals surface area (Å²) in [4.78, 5) is 10.5. The van der Waals surface area contributed by atoms with Gasteiger partial charge in [0.1, 0.15) is 4.99 Å². The lowest BCUT2D eigenvalue weighted by Gasteiger charge is -2.26. The van der Waals surface area contributed by atoms with Crippen LogP contribution in [0.5, 0.6) is 0 Å². The fourth-order valence-corrected chi connectivity index (χ4v) is 5.55. The van der Waals surface area contributed by atoms with E-state index in [1.165, 1.54) is 6.07 Å². The first-order chi connectivity index (χ1) is 11.2. The van der Waals surface area contributed by atoms with Gasteiger partial charge in [0.05, 0.1) is 19.0 Å². The molecule has 0 bridgehead atoms. The molecule has 0 aliphatic rings. The van der Waals surface area contributed by atoms with E-state index >= 15 is 0 Å². The summed E-state index contributed by atoms with van der Waals surface area (Å²) < 4.78 is 50.3. The highest BCUT2D eigenvalue weighted by atomic mass is 32.2. The number of hydrogen-bond acceptors (Lipinski definition) is 6. The molecular weight excluding hydrogens is 363 g/mol. The summed E-state index contributed by atoms with van der Waals surface area (Å²) in [6.07, 6.45) is 0. The molecule has 6 nitrogen and oxygen atoms in total. The van der Waals surface area contributed by atoms with Crippen molar-refractivity contribution in [3.63, 3.8) is 0 Å². The van der Waals surface area contributed by atoms with Crippen molar-refractivity contribution in [2.75, 3.05) is 26.0 Å². The summed E-state index contributed by atoms with van der Waals surface area (Å²) in [6, 6.07) is 3.05. The van der Waals surface area contributed by atoms with Crippen molar-refractivity contribution in [1.82, 2.24) is 5.06 Å². The van der Waals surface area contributed by atoms with Crippen LogP contribution in [0.3, 0.4) is 0 Å². The van der Waals surface area contributed by atoms with E-state index in [0.29, 0.717) is 5.06 Å². The fourth-order valence-electron chi connectivity index (χ4n) is 1.81. The summed E-state index contributed by atoms with van der Waals surface area (Å²) in [6.45, 7) is 3.38. The van der Waals surface area contributed by atoms with E-state index < -0.39 is 30.1 Å². The molecule has 0 spiro atoms. The van der Waals surface area contributed by atoms with Gasteiger partial charge in [-0.05, 0) is 31.5 Å². The Balaban J connectivity index is 3.20. The summed E-state index contributed by atoms with van der Waals surface area (Å²) >= 11 is 0.859. The van der Waals surface area contributed by atoms with Crippen LogP contribution in [0.25, 0.3) is 0 Å². The lowest BCUT2D eigenvalue weighted by Crippen LogP contribution is -2.24. The molecule has 0 fully saturated rings. The number of amides is 1. The Morgan fingerprint density at radius 3 is 2.33 bits per heavy atom. The summed E-state index contributed by atoms with van der Waals surface area (Å²) in [7, 11) is -2.60. The van der Waals surface area contributed by atoms with Gasteiger partial charge in [0.15, 0.2) is 11.6 Å². The van der Waals surface area contributed by atoms with Crippen LogP contribution in [-0.4, -0.2) is 42.2 Å². The number of carbonyl (C=O) groups excluding carboxylic acids is 1. The Labute approximate surface area is 143 Å². The van der Waals surface area contributed by atoms with Crippen LogP contribution in [0.2, 0.25) is 0 Å². The number of hydroxylamine groups is 2. The third-order valence-electron chi connectivity index (χ3n) is 2.86. The Kier molecular flexibility index (Phi) is 8.32. The molecule has 0 aromatic heterocycles. The average Bonchev–Trinajstić information content (AvgIpc) is 2.51. The maximum Gasteiger partial charge on any atom is 0.347 e. The van der Waals surface area contributed by atoms with Gasteiger partial charge in [-0.15, -0.1) is 11.8 Å². The second kappa shape index (κ2) is 9.48. The van der Waals surface area contributed by atoms with Crippen LogP contribution in [0.1, 0.15) is 24.4 Å². The Morgan fingerprint density at radius 2 is 1.88 bits per heavy atom. The van der Waals surface area contributed by atoms with Crippen LogP contribution in [0.15, 0.2) is 18.2 Å². The molecular formula is C14H20F2NO5PS. The van der Waals surface area contributed by atoms with Gasteiger partial charge in [-0.3, -0.25) is 14.6 Å². The zero-order valence-electron chi connectivity index (χ0n) is 13.6. The highest BCUT2D eigenvalue weighted by Gasteiger charge is 2.38. The maximum absolute atomic E-state index is 13.6. The summed E-state index contributed by atoms with van der Waals surface area (Å²) in [5, 5.41) is 9.51. The molecule has 1 aromatic rings. The SMILES string of the molecule is CCOP(=O)(OCC)C(SCC(=O)N(C)O)c1ccc(F)c(F)c1. The predicted octanol–water partition coefficient (Wildman–Crippen LogP) is 3.81. The van der Waals surface area contributed by atoms with Crippen LogP contribution in [0.4, 0.5) is 8.78 Å². The van der Waals surface area contributed by atoms with Crippen molar-refractivity contribution in [3.05, 3.63) is 35.4 Å². The lowest BCUT2D eigenvalue weighted by molar-refractivity contribution is -0.155. The van der Waals surface area contributed by atoms with Crippen LogP contribution in [0, 0.1) is 11.6 Å². The van der Waals surface area contributed by atoms with Gasteiger partial charge < -0.3 is 9.05 Å². The molecule has 10 heteroatoms. The first-order valence-electron chi connectivity index (χ1n) is 7.16. The molecule has 136 valence electrons. The molecule has 0 saturated carbocycles. The van der Waals surface area contributed by atoms with Crippen molar-refractivity contribution >= 4 is 25.3 Å². The van der Waals surface area contributed by atoms with Crippen LogP contribution < -0.4 is 0 Å². The number of benzene rings is 1. The molecule has 1 amide bonds. The number of hydrogen-bond donors (Lipinski definition) is 1. The molecule has 0 aliphatic carbocycles. The zero-order chi connectivity index (χ0) is 18.3. The molecule has 24 heavy (non-hydrogen) atoms. The minimum absolute atomic E-state index is 0.0753. The predicted molar refractivity (Wildman–Crippen MR) is 87.0 cm³/mol. The van der Waals surface area contributed by atoms with Crippen LogP contribution >= 0.6 is 19.4 Å².